The van der Waals surface area contributed by atoms with Gasteiger partial charge in [0.25, 0.3) is 11.8 Å². The molecule has 2 N–H and O–H groups in total. The predicted molar refractivity (Wildman–Crippen MR) is 110 cm³/mol. The molecule has 0 bridgehead atoms. The lowest BCUT2D eigenvalue weighted by Crippen LogP contribution is -2.55. The van der Waals surface area contributed by atoms with Gasteiger partial charge in [-0.15, -0.1) is 0 Å². The summed E-state index contributed by atoms with van der Waals surface area (Å²) in [6.45, 7) is 0.120. The lowest BCUT2D eigenvalue weighted by Gasteiger charge is -2.36. The third-order valence-corrected chi connectivity index (χ3v) is 5.74. The van der Waals surface area contributed by atoms with Crippen molar-refractivity contribution in [2.75, 3.05) is 0 Å². The molecule has 0 saturated heterocycles. The number of carbonyl (C=O) groups excluding carboxylic acids is 3. The van der Waals surface area contributed by atoms with Crippen LogP contribution in [0.2, 0.25) is 0 Å². The summed E-state index contributed by atoms with van der Waals surface area (Å²) in [6, 6.07) is 12.2. The molecule has 1 fully saturated rings. The van der Waals surface area contributed by atoms with Gasteiger partial charge in [0.15, 0.2) is 0 Å². The first-order chi connectivity index (χ1) is 15.0. The number of imide groups is 1. The van der Waals surface area contributed by atoms with E-state index in [2.05, 4.69) is 5.32 Å². The largest absolute Gasteiger partial charge is 0.478 e. The standard InChI is InChI=1S/C23H22N2O6/c26-20-16-11-10-15(22(28)29)12-17(16)21(27)25(20)19-9-5-4-8-18(19)24-23(30)31-13-14-6-2-1-3-7-14/h1-3,6-7,10-12,18-19H,4-5,8-9,13H2,(H,24,30)(H,28,29)/t18-,19-/m1/s1. The maximum absolute atomic E-state index is 13.0. The molecule has 2 aromatic rings. The Balaban J connectivity index is 1.48. The molecule has 8 nitrogen and oxygen atoms in total. The molecule has 0 spiro atoms. The van der Waals surface area contributed by atoms with E-state index in [4.69, 9.17) is 4.74 Å². The number of hydrogen-bond acceptors (Lipinski definition) is 5. The van der Waals surface area contributed by atoms with Crippen molar-refractivity contribution in [1.29, 1.82) is 0 Å². The molecule has 2 atom stereocenters. The van der Waals surface area contributed by atoms with Crippen LogP contribution in [-0.2, 0) is 11.3 Å². The first-order valence-electron chi connectivity index (χ1n) is 10.2. The Labute approximate surface area is 178 Å². The number of benzene rings is 2. The molecule has 2 aromatic carbocycles. The molecule has 31 heavy (non-hydrogen) atoms. The quantitative estimate of drug-likeness (QED) is 0.716. The molecular weight excluding hydrogens is 400 g/mol. The predicted octanol–water partition coefficient (Wildman–Crippen LogP) is 3.22. The number of nitrogens with zero attached hydrogens (tertiary/aromatic N) is 1. The Morgan fingerprint density at radius 1 is 1.00 bits per heavy atom. The van der Waals surface area contributed by atoms with Gasteiger partial charge in [-0.2, -0.15) is 0 Å². The van der Waals surface area contributed by atoms with E-state index in [-0.39, 0.29) is 23.3 Å². The molecule has 1 aliphatic heterocycles. The number of carbonyl (C=O) groups is 4. The Morgan fingerprint density at radius 3 is 2.45 bits per heavy atom. The molecule has 0 radical (unpaired) electrons. The number of aromatic carboxylic acids is 1. The van der Waals surface area contributed by atoms with E-state index in [1.807, 2.05) is 30.3 Å². The van der Waals surface area contributed by atoms with E-state index in [1.54, 1.807) is 0 Å². The summed E-state index contributed by atoms with van der Waals surface area (Å²) in [5, 5.41) is 12.0. The zero-order chi connectivity index (χ0) is 22.0. The second-order valence-electron chi connectivity index (χ2n) is 7.71. The Kier molecular flexibility index (Phi) is 5.70. The molecule has 4 rings (SSSR count). The molecule has 1 saturated carbocycles. The van der Waals surface area contributed by atoms with E-state index in [1.165, 1.54) is 18.2 Å². The summed E-state index contributed by atoms with van der Waals surface area (Å²) in [7, 11) is 0. The highest BCUT2D eigenvalue weighted by Gasteiger charge is 2.44. The van der Waals surface area contributed by atoms with Crippen LogP contribution in [0.3, 0.4) is 0 Å². The van der Waals surface area contributed by atoms with Crippen LogP contribution in [0.25, 0.3) is 0 Å². The van der Waals surface area contributed by atoms with Gasteiger partial charge in [0.05, 0.1) is 28.8 Å². The lowest BCUT2D eigenvalue weighted by molar-refractivity contribution is 0.0493. The number of rotatable bonds is 5. The van der Waals surface area contributed by atoms with Crippen molar-refractivity contribution in [2.45, 2.75) is 44.4 Å². The summed E-state index contributed by atoms with van der Waals surface area (Å²) in [5.74, 6) is -2.16. The number of ether oxygens (including phenoxy) is 1. The third kappa shape index (κ3) is 4.14. The van der Waals surface area contributed by atoms with Crippen molar-refractivity contribution in [1.82, 2.24) is 10.2 Å². The second-order valence-corrected chi connectivity index (χ2v) is 7.71. The van der Waals surface area contributed by atoms with Gasteiger partial charge in [0, 0.05) is 0 Å². The first kappa shape index (κ1) is 20.6. The van der Waals surface area contributed by atoms with Crippen LogP contribution in [0, 0.1) is 0 Å². The molecule has 0 unspecified atom stereocenters. The highest BCUT2D eigenvalue weighted by molar-refractivity contribution is 6.22. The van der Waals surface area contributed by atoms with Crippen LogP contribution in [0.1, 0.15) is 62.3 Å². The van der Waals surface area contributed by atoms with Crippen LogP contribution >= 0.6 is 0 Å². The van der Waals surface area contributed by atoms with Crippen molar-refractivity contribution in [2.24, 2.45) is 0 Å². The van der Waals surface area contributed by atoms with Crippen LogP contribution in [-0.4, -0.2) is 46.0 Å². The summed E-state index contributed by atoms with van der Waals surface area (Å²) in [5.41, 5.74) is 1.07. The number of carboxylic acids is 1. The van der Waals surface area contributed by atoms with Crippen molar-refractivity contribution in [3.05, 3.63) is 70.8 Å². The number of amides is 3. The fourth-order valence-electron chi connectivity index (χ4n) is 4.20. The molecule has 1 heterocycles. The van der Waals surface area contributed by atoms with E-state index in [9.17, 15) is 24.3 Å². The SMILES string of the molecule is O=C(N[C@@H]1CCCC[C@H]1N1C(=O)c2ccc(C(=O)O)cc2C1=O)OCc1ccccc1. The minimum Gasteiger partial charge on any atom is -0.478 e. The number of carboxylic acid groups (broad SMARTS) is 1. The maximum Gasteiger partial charge on any atom is 0.407 e. The van der Waals surface area contributed by atoms with Gasteiger partial charge in [0.1, 0.15) is 6.61 Å². The number of nitrogens with one attached hydrogen (secondary N) is 1. The van der Waals surface area contributed by atoms with Crippen LogP contribution < -0.4 is 5.32 Å². The number of hydrogen-bond donors (Lipinski definition) is 2. The van der Waals surface area contributed by atoms with Crippen LogP contribution in [0.15, 0.2) is 48.5 Å². The highest BCUT2D eigenvalue weighted by atomic mass is 16.5. The van der Waals surface area contributed by atoms with Gasteiger partial charge in [-0.25, -0.2) is 9.59 Å². The fourth-order valence-corrected chi connectivity index (χ4v) is 4.20. The van der Waals surface area contributed by atoms with E-state index in [0.29, 0.717) is 12.8 Å². The normalized spacial score (nSPS) is 20.3. The smallest absolute Gasteiger partial charge is 0.407 e. The van der Waals surface area contributed by atoms with Crippen molar-refractivity contribution in [3.63, 3.8) is 0 Å². The molecular formula is C23H22N2O6. The Bertz CT molecular complexity index is 1040. The van der Waals surface area contributed by atoms with Crippen LogP contribution in [0.5, 0.6) is 0 Å². The van der Waals surface area contributed by atoms with E-state index >= 15 is 0 Å². The Hall–Kier alpha value is -3.68. The summed E-state index contributed by atoms with van der Waals surface area (Å²) < 4.78 is 5.30. The topological polar surface area (TPSA) is 113 Å². The van der Waals surface area contributed by atoms with Gasteiger partial charge < -0.3 is 15.2 Å². The first-order valence-corrected chi connectivity index (χ1v) is 10.2. The van der Waals surface area contributed by atoms with Gasteiger partial charge in [-0.1, -0.05) is 43.2 Å². The minimum absolute atomic E-state index is 0.0513. The van der Waals surface area contributed by atoms with E-state index < -0.39 is 36.0 Å². The zero-order valence-corrected chi connectivity index (χ0v) is 16.7. The molecule has 3 amide bonds. The molecule has 1 aliphatic carbocycles. The van der Waals surface area contributed by atoms with Gasteiger partial charge in [0.2, 0.25) is 0 Å². The van der Waals surface area contributed by atoms with Crippen molar-refractivity contribution < 1.29 is 29.0 Å². The fraction of sp³-hybridized carbons (Fsp3) is 0.304. The summed E-state index contributed by atoms with van der Waals surface area (Å²) in [6.07, 6.45) is 2.23. The Morgan fingerprint density at radius 2 is 1.71 bits per heavy atom. The van der Waals surface area contributed by atoms with Crippen molar-refractivity contribution >= 4 is 23.9 Å². The van der Waals surface area contributed by atoms with Crippen molar-refractivity contribution in [3.8, 4) is 0 Å². The van der Waals surface area contributed by atoms with E-state index in [0.717, 1.165) is 23.3 Å². The van der Waals surface area contributed by atoms with Gasteiger partial charge in [-0.05, 0) is 36.6 Å². The number of alkyl carbamates (subject to hydrolysis) is 1. The maximum atomic E-state index is 13.0. The average Bonchev–Trinajstić information content (AvgIpc) is 3.03. The summed E-state index contributed by atoms with van der Waals surface area (Å²) >= 11 is 0. The number of fused-ring (bicyclic) bond motifs is 1. The third-order valence-electron chi connectivity index (χ3n) is 5.74. The minimum atomic E-state index is -1.17. The molecule has 8 heteroatoms. The molecule has 160 valence electrons. The summed E-state index contributed by atoms with van der Waals surface area (Å²) in [4.78, 5) is 50.7. The van der Waals surface area contributed by atoms with Gasteiger partial charge in [-0.3, -0.25) is 14.5 Å². The molecule has 2 aliphatic rings. The second kappa shape index (κ2) is 8.59. The van der Waals surface area contributed by atoms with Gasteiger partial charge >= 0.3 is 12.1 Å². The average molecular weight is 422 g/mol. The van der Waals surface area contributed by atoms with Crippen LogP contribution in [0.4, 0.5) is 4.79 Å². The lowest BCUT2D eigenvalue weighted by atomic mass is 9.89. The highest BCUT2D eigenvalue weighted by Crippen LogP contribution is 2.32. The monoisotopic (exact) mass is 422 g/mol. The zero-order valence-electron chi connectivity index (χ0n) is 16.7. The molecule has 0 aromatic heterocycles.